The lowest BCUT2D eigenvalue weighted by molar-refractivity contribution is -0.154. The minimum atomic E-state index is -0.794. The molecule has 0 radical (unpaired) electrons. The molecule has 2 amide bonds. The van der Waals surface area contributed by atoms with E-state index in [2.05, 4.69) is 13.2 Å². The van der Waals surface area contributed by atoms with E-state index in [0.717, 1.165) is 23.2 Å². The number of hydrogen-bond acceptors (Lipinski definition) is 6. The number of aliphatic hydroxyl groups excluding tert-OH is 1. The van der Waals surface area contributed by atoms with Gasteiger partial charge in [0.1, 0.15) is 6.04 Å². The van der Waals surface area contributed by atoms with E-state index in [-0.39, 0.29) is 36.2 Å². The maximum absolute atomic E-state index is 14.5. The van der Waals surface area contributed by atoms with Gasteiger partial charge >= 0.3 is 5.97 Å². The average molecular weight is 513 g/mol. The lowest BCUT2D eigenvalue weighted by atomic mass is 9.71. The largest absolute Gasteiger partial charge is 0.465 e. The molecule has 1 N–H and O–H groups in total. The Labute approximate surface area is 217 Å². The summed E-state index contributed by atoms with van der Waals surface area (Å²) in [7, 11) is 0. The summed E-state index contributed by atoms with van der Waals surface area (Å²) in [5.41, 5.74) is 2.72. The summed E-state index contributed by atoms with van der Waals surface area (Å²) in [4.78, 5) is 44.9. The van der Waals surface area contributed by atoms with E-state index < -0.39 is 28.7 Å². The van der Waals surface area contributed by atoms with Crippen molar-refractivity contribution in [2.24, 2.45) is 11.8 Å². The second kappa shape index (κ2) is 10.4. The zero-order valence-corrected chi connectivity index (χ0v) is 22.1. The van der Waals surface area contributed by atoms with E-state index in [0.29, 0.717) is 19.4 Å². The SMILES string of the molecule is C=CCCOC(=O)[C@@H]1[C@H]2C(=O)N([C@H](C)CO)C(C(=O)N(CC=C)c3c(C)cccc3C)C23CC[C@H]1S3. The smallest absolute Gasteiger partial charge is 0.310 e. The van der Waals surface area contributed by atoms with Gasteiger partial charge in [-0.15, -0.1) is 24.9 Å². The molecule has 2 unspecified atom stereocenters. The van der Waals surface area contributed by atoms with E-state index in [1.807, 2.05) is 32.0 Å². The highest BCUT2D eigenvalue weighted by Crippen LogP contribution is 2.67. The third kappa shape index (κ3) is 4.08. The summed E-state index contributed by atoms with van der Waals surface area (Å²) in [6.07, 6.45) is 5.32. The molecule has 3 fully saturated rings. The van der Waals surface area contributed by atoms with Crippen molar-refractivity contribution >= 4 is 35.2 Å². The quantitative estimate of drug-likeness (QED) is 0.294. The zero-order chi connectivity index (χ0) is 26.2. The third-order valence-corrected chi connectivity index (χ3v) is 9.79. The highest BCUT2D eigenvalue weighted by molar-refractivity contribution is 8.02. The lowest BCUT2D eigenvalue weighted by Crippen LogP contribution is -2.57. The number of anilines is 1. The second-order valence-electron chi connectivity index (χ2n) is 10.1. The monoisotopic (exact) mass is 512 g/mol. The standard InChI is InChI=1S/C28H36N2O5S/c1-6-8-15-35-27(34)21-20-12-13-28(36-20)22(21)25(32)30(19(5)16-31)24(28)26(33)29(14-7-2)23-17(3)10-9-11-18(23)4/h6-7,9-11,19-22,24,31H,1-2,8,12-16H2,3-5H3/t19-,20-,21+,22+,24?,28?/m1/s1. The first-order valence-corrected chi connectivity index (χ1v) is 13.5. The van der Waals surface area contributed by atoms with Crippen molar-refractivity contribution < 1.29 is 24.2 Å². The zero-order valence-electron chi connectivity index (χ0n) is 21.3. The van der Waals surface area contributed by atoms with Gasteiger partial charge in [0.25, 0.3) is 5.91 Å². The Morgan fingerprint density at radius 3 is 2.61 bits per heavy atom. The first-order chi connectivity index (χ1) is 17.2. The molecule has 0 saturated carbocycles. The Balaban J connectivity index is 1.78. The fourth-order valence-corrected chi connectivity index (χ4v) is 8.53. The van der Waals surface area contributed by atoms with Crippen molar-refractivity contribution in [1.82, 2.24) is 4.90 Å². The molecule has 3 aliphatic rings. The molecule has 0 aromatic heterocycles. The molecule has 1 aromatic carbocycles. The molecule has 1 aromatic rings. The Morgan fingerprint density at radius 2 is 2.00 bits per heavy atom. The van der Waals surface area contributed by atoms with Gasteiger partial charge in [-0.3, -0.25) is 14.4 Å². The number of nitrogens with zero attached hydrogens (tertiary/aromatic N) is 2. The fourth-order valence-electron chi connectivity index (χ4n) is 6.34. The number of aryl methyl sites for hydroxylation is 2. The van der Waals surface area contributed by atoms with Crippen LogP contribution in [0.25, 0.3) is 0 Å². The van der Waals surface area contributed by atoms with Gasteiger partial charge in [-0.2, -0.15) is 0 Å². The van der Waals surface area contributed by atoms with Crippen molar-refractivity contribution in [1.29, 1.82) is 0 Å². The highest BCUT2D eigenvalue weighted by Gasteiger charge is 2.74. The van der Waals surface area contributed by atoms with Gasteiger partial charge in [-0.1, -0.05) is 30.4 Å². The Hall–Kier alpha value is -2.58. The molecular weight excluding hydrogens is 476 g/mol. The molecule has 1 spiro atoms. The summed E-state index contributed by atoms with van der Waals surface area (Å²) < 4.78 is 4.79. The third-order valence-electron chi connectivity index (χ3n) is 7.84. The van der Waals surface area contributed by atoms with Crippen LogP contribution in [0, 0.1) is 25.7 Å². The van der Waals surface area contributed by atoms with Gasteiger partial charge in [-0.25, -0.2) is 0 Å². The molecule has 3 saturated heterocycles. The van der Waals surface area contributed by atoms with Crippen LogP contribution in [0.1, 0.15) is 37.3 Å². The van der Waals surface area contributed by atoms with Crippen LogP contribution in [0.15, 0.2) is 43.5 Å². The predicted octanol–water partition coefficient (Wildman–Crippen LogP) is 3.41. The summed E-state index contributed by atoms with van der Waals surface area (Å²) in [5.74, 6) is -2.06. The first-order valence-electron chi connectivity index (χ1n) is 12.6. The van der Waals surface area contributed by atoms with Crippen molar-refractivity contribution in [3.63, 3.8) is 0 Å². The number of thioether (sulfide) groups is 1. The van der Waals surface area contributed by atoms with Crippen molar-refractivity contribution in [3.05, 3.63) is 54.6 Å². The number of carbonyl (C=O) groups excluding carboxylic acids is 3. The van der Waals surface area contributed by atoms with Crippen LogP contribution >= 0.6 is 11.8 Å². The van der Waals surface area contributed by atoms with Gasteiger partial charge in [-0.05, 0) is 51.2 Å². The highest BCUT2D eigenvalue weighted by atomic mass is 32.2. The van der Waals surface area contributed by atoms with Crippen LogP contribution in [0.5, 0.6) is 0 Å². The fraction of sp³-hybridized carbons (Fsp3) is 0.536. The maximum atomic E-state index is 14.5. The summed E-state index contributed by atoms with van der Waals surface area (Å²) in [5, 5.41) is 10.0. The number of rotatable bonds is 10. The summed E-state index contributed by atoms with van der Waals surface area (Å²) >= 11 is 1.60. The number of aliphatic hydroxyl groups is 1. The van der Waals surface area contributed by atoms with Gasteiger partial charge in [0, 0.05) is 17.5 Å². The number of amides is 2. The minimum Gasteiger partial charge on any atom is -0.465 e. The molecule has 36 heavy (non-hydrogen) atoms. The Bertz CT molecular complexity index is 1050. The maximum Gasteiger partial charge on any atom is 0.310 e. The summed E-state index contributed by atoms with van der Waals surface area (Å²) in [6.45, 7) is 13.5. The predicted molar refractivity (Wildman–Crippen MR) is 142 cm³/mol. The van der Waals surface area contributed by atoms with Crippen LogP contribution < -0.4 is 4.90 Å². The molecule has 3 heterocycles. The number of ether oxygens (including phenoxy) is 1. The molecule has 6 atom stereocenters. The molecular formula is C28H36N2O5S. The number of benzene rings is 1. The number of esters is 1. The summed E-state index contributed by atoms with van der Waals surface area (Å²) in [6, 6.07) is 4.53. The van der Waals surface area contributed by atoms with Crippen molar-refractivity contribution in [2.45, 2.75) is 62.1 Å². The van der Waals surface area contributed by atoms with E-state index in [9.17, 15) is 19.5 Å². The van der Waals surface area contributed by atoms with E-state index in [1.54, 1.807) is 40.6 Å². The number of carbonyl (C=O) groups is 3. The minimum absolute atomic E-state index is 0.0647. The van der Waals surface area contributed by atoms with Gasteiger partial charge in [0.15, 0.2) is 0 Å². The lowest BCUT2D eigenvalue weighted by Gasteiger charge is -2.39. The molecule has 2 bridgehead atoms. The normalized spacial score (nSPS) is 29.1. The van der Waals surface area contributed by atoms with Crippen LogP contribution in [-0.4, -0.2) is 69.6 Å². The second-order valence-corrected chi connectivity index (χ2v) is 11.7. The number of hydrogen-bond donors (Lipinski definition) is 1. The van der Waals surface area contributed by atoms with Gasteiger partial charge in [0.2, 0.25) is 5.91 Å². The number of fused-ring (bicyclic) bond motifs is 1. The molecule has 8 heteroatoms. The van der Waals surface area contributed by atoms with Gasteiger partial charge in [0.05, 0.1) is 35.8 Å². The van der Waals surface area contributed by atoms with Crippen LogP contribution in [-0.2, 0) is 19.1 Å². The van der Waals surface area contributed by atoms with Crippen molar-refractivity contribution in [3.8, 4) is 0 Å². The molecule has 4 rings (SSSR count). The van der Waals surface area contributed by atoms with Gasteiger partial charge < -0.3 is 19.6 Å². The van der Waals surface area contributed by atoms with Crippen LogP contribution in [0.4, 0.5) is 5.69 Å². The molecule has 194 valence electrons. The van der Waals surface area contributed by atoms with Crippen molar-refractivity contribution in [2.75, 3.05) is 24.7 Å². The number of likely N-dealkylation sites (tertiary alicyclic amines) is 1. The van der Waals surface area contributed by atoms with E-state index in [4.69, 9.17) is 4.74 Å². The first kappa shape index (κ1) is 26.5. The Kier molecular flexibility index (Phi) is 7.67. The van der Waals surface area contributed by atoms with Crippen LogP contribution in [0.2, 0.25) is 0 Å². The average Bonchev–Trinajstić information content (AvgIpc) is 3.50. The molecule has 0 aliphatic carbocycles. The number of para-hydroxylation sites is 1. The topological polar surface area (TPSA) is 87.1 Å². The van der Waals surface area contributed by atoms with E-state index in [1.165, 1.54) is 0 Å². The molecule has 7 nitrogen and oxygen atoms in total. The Morgan fingerprint density at radius 1 is 1.31 bits per heavy atom. The van der Waals surface area contributed by atoms with Crippen LogP contribution in [0.3, 0.4) is 0 Å². The van der Waals surface area contributed by atoms with E-state index >= 15 is 0 Å². The molecule has 3 aliphatic heterocycles.